The lowest BCUT2D eigenvalue weighted by Gasteiger charge is -2.16. The molecule has 30 heavy (non-hydrogen) atoms. The van der Waals surface area contributed by atoms with Gasteiger partial charge in [-0.05, 0) is 53.1 Å². The van der Waals surface area contributed by atoms with Gasteiger partial charge in [0.2, 0.25) is 5.91 Å². The molecule has 1 amide bonds. The van der Waals surface area contributed by atoms with Crippen molar-refractivity contribution in [3.05, 3.63) is 50.0 Å². The molecule has 0 saturated carbocycles. The fourth-order valence-electron chi connectivity index (χ4n) is 4.32. The van der Waals surface area contributed by atoms with E-state index >= 15 is 0 Å². The van der Waals surface area contributed by atoms with Gasteiger partial charge in [0.05, 0.1) is 16.1 Å². The molecule has 3 heterocycles. The highest BCUT2D eigenvalue weighted by molar-refractivity contribution is 9.10. The predicted octanol–water partition coefficient (Wildman–Crippen LogP) is 3.11. The first-order valence-electron chi connectivity index (χ1n) is 9.46. The first kappa shape index (κ1) is 21.6. The highest BCUT2D eigenvalue weighted by atomic mass is 79.9. The zero-order valence-electron chi connectivity index (χ0n) is 16.1. The Morgan fingerprint density at radius 2 is 2.07 bits per heavy atom. The van der Waals surface area contributed by atoms with Crippen molar-refractivity contribution in [2.24, 2.45) is 0 Å². The molecule has 1 aromatic heterocycles. The molecule has 1 fully saturated rings. The molecule has 1 aromatic carbocycles. The molecular weight excluding hydrogens is 500 g/mol. The van der Waals surface area contributed by atoms with E-state index in [2.05, 4.69) is 20.9 Å². The van der Waals surface area contributed by atoms with E-state index in [-0.39, 0.29) is 28.9 Å². The van der Waals surface area contributed by atoms with Gasteiger partial charge in [0.25, 0.3) is 0 Å². The van der Waals surface area contributed by atoms with Crippen LogP contribution >= 0.6 is 28.1 Å². The van der Waals surface area contributed by atoms with E-state index < -0.39 is 32.6 Å². The van der Waals surface area contributed by atoms with Gasteiger partial charge < -0.3 is 14.5 Å². The Morgan fingerprint density at radius 1 is 1.33 bits per heavy atom. The van der Waals surface area contributed by atoms with Crippen molar-refractivity contribution in [1.29, 1.82) is 0 Å². The lowest BCUT2D eigenvalue weighted by atomic mass is 9.95. The van der Waals surface area contributed by atoms with E-state index in [1.807, 2.05) is 0 Å². The molecule has 2 aliphatic rings. The van der Waals surface area contributed by atoms with Crippen LogP contribution in [0.3, 0.4) is 0 Å². The fourth-order valence-corrected chi connectivity index (χ4v) is 5.96. The molecule has 2 atom stereocenters. The van der Waals surface area contributed by atoms with Crippen LogP contribution in [0.15, 0.2) is 16.6 Å². The van der Waals surface area contributed by atoms with Crippen LogP contribution in [0.4, 0.5) is 8.78 Å². The standard InChI is InChI=1S/C19H20BrF2N3O3S2/c1-30(27,28)11-4-5-24(9-11)16(26)7-14-15-6-10(8-25(15)19(29)23-14)17-13(21)3-2-12(20)18(17)22/h2-3,10-11H,4-9H2,1H3,(H,23,29)/t10-,11?/m0/s1. The first-order chi connectivity index (χ1) is 14.1. The largest absolute Gasteiger partial charge is 0.341 e. The molecule has 2 aliphatic heterocycles. The third kappa shape index (κ3) is 3.87. The first-order valence-corrected chi connectivity index (χ1v) is 12.6. The van der Waals surface area contributed by atoms with E-state index in [4.69, 9.17) is 12.2 Å². The third-order valence-corrected chi connectivity index (χ3v) is 8.47. The van der Waals surface area contributed by atoms with Crippen molar-refractivity contribution in [3.63, 3.8) is 0 Å². The van der Waals surface area contributed by atoms with Crippen LogP contribution in [0.25, 0.3) is 0 Å². The Balaban J connectivity index is 1.54. The van der Waals surface area contributed by atoms with Crippen LogP contribution in [0, 0.1) is 16.4 Å². The quantitative estimate of drug-likeness (QED) is 0.497. The number of carbonyl (C=O) groups is 1. The van der Waals surface area contributed by atoms with Crippen LogP contribution in [0.5, 0.6) is 0 Å². The number of rotatable bonds is 4. The summed E-state index contributed by atoms with van der Waals surface area (Å²) in [7, 11) is -3.19. The number of amides is 1. The lowest BCUT2D eigenvalue weighted by molar-refractivity contribution is -0.129. The normalized spacial score (nSPS) is 21.3. The molecule has 2 aromatic rings. The van der Waals surface area contributed by atoms with Crippen LogP contribution in [-0.4, -0.2) is 53.4 Å². The number of nitrogens with one attached hydrogen (secondary N) is 1. The monoisotopic (exact) mass is 519 g/mol. The fraction of sp³-hybridized carbons (Fsp3) is 0.474. The molecule has 0 aliphatic carbocycles. The summed E-state index contributed by atoms with van der Waals surface area (Å²) < 4.78 is 54.8. The molecule has 11 heteroatoms. The van der Waals surface area contributed by atoms with Gasteiger partial charge >= 0.3 is 0 Å². The topological polar surface area (TPSA) is 75.2 Å². The summed E-state index contributed by atoms with van der Waals surface area (Å²) in [4.78, 5) is 17.3. The van der Waals surface area contributed by atoms with Crippen molar-refractivity contribution in [2.75, 3.05) is 19.3 Å². The van der Waals surface area contributed by atoms with Crippen molar-refractivity contribution in [2.45, 2.75) is 37.0 Å². The van der Waals surface area contributed by atoms with Gasteiger partial charge in [-0.25, -0.2) is 17.2 Å². The number of sulfone groups is 1. The number of fused-ring (bicyclic) bond motifs is 1. The SMILES string of the molecule is CS(=O)(=O)C1CCN(C(=O)Cc2[nH]c(=S)n3c2C[C@H](c2c(F)ccc(Br)c2F)C3)C1. The lowest BCUT2D eigenvalue weighted by Crippen LogP contribution is -2.32. The molecule has 0 bridgehead atoms. The van der Waals surface area contributed by atoms with Gasteiger partial charge in [0.15, 0.2) is 14.6 Å². The Kier molecular flexibility index (Phi) is 5.65. The molecule has 1 unspecified atom stereocenters. The van der Waals surface area contributed by atoms with Gasteiger partial charge in [-0.15, -0.1) is 0 Å². The number of carbonyl (C=O) groups excluding carboxylic acids is 1. The molecule has 4 rings (SSSR count). The summed E-state index contributed by atoms with van der Waals surface area (Å²) >= 11 is 8.46. The van der Waals surface area contributed by atoms with Crippen molar-refractivity contribution in [1.82, 2.24) is 14.5 Å². The van der Waals surface area contributed by atoms with Crippen molar-refractivity contribution in [3.8, 4) is 0 Å². The van der Waals surface area contributed by atoms with E-state index in [1.54, 1.807) is 9.47 Å². The number of aromatic nitrogens is 2. The number of benzene rings is 1. The second-order valence-corrected chi connectivity index (χ2v) is 11.4. The van der Waals surface area contributed by atoms with Gasteiger partial charge in [0, 0.05) is 48.8 Å². The summed E-state index contributed by atoms with van der Waals surface area (Å²) in [5.74, 6) is -1.85. The number of hydrogen-bond donors (Lipinski definition) is 1. The van der Waals surface area contributed by atoms with Gasteiger partial charge in [-0.1, -0.05) is 0 Å². The summed E-state index contributed by atoms with van der Waals surface area (Å²) in [6, 6.07) is 2.56. The van der Waals surface area contributed by atoms with Crippen LogP contribution in [-0.2, 0) is 34.0 Å². The molecule has 0 spiro atoms. The number of H-pyrrole nitrogens is 1. The summed E-state index contributed by atoms with van der Waals surface area (Å²) in [6.45, 7) is 0.902. The summed E-state index contributed by atoms with van der Waals surface area (Å²) in [5, 5.41) is -0.536. The maximum Gasteiger partial charge on any atom is 0.228 e. The van der Waals surface area contributed by atoms with Gasteiger partial charge in [-0.2, -0.15) is 0 Å². The number of aromatic amines is 1. The zero-order valence-corrected chi connectivity index (χ0v) is 19.3. The Morgan fingerprint density at radius 3 is 2.73 bits per heavy atom. The van der Waals surface area contributed by atoms with Crippen LogP contribution in [0.1, 0.15) is 29.3 Å². The number of nitrogens with zero attached hydrogens (tertiary/aromatic N) is 2. The zero-order chi connectivity index (χ0) is 21.8. The second-order valence-electron chi connectivity index (χ2n) is 7.88. The van der Waals surface area contributed by atoms with Crippen molar-refractivity contribution < 1.29 is 22.0 Å². The second kappa shape index (κ2) is 7.83. The molecular formula is C19H20BrF2N3O3S2. The highest BCUT2D eigenvalue weighted by Gasteiger charge is 2.35. The maximum absolute atomic E-state index is 14.6. The number of likely N-dealkylation sites (tertiary alicyclic amines) is 1. The Labute approximate surface area is 186 Å². The van der Waals surface area contributed by atoms with E-state index in [9.17, 15) is 22.0 Å². The number of imidazole rings is 1. The molecule has 1 saturated heterocycles. The molecule has 162 valence electrons. The van der Waals surface area contributed by atoms with Gasteiger partial charge in [-0.3, -0.25) is 4.79 Å². The molecule has 6 nitrogen and oxygen atoms in total. The minimum Gasteiger partial charge on any atom is -0.341 e. The smallest absolute Gasteiger partial charge is 0.228 e. The average molecular weight is 520 g/mol. The maximum atomic E-state index is 14.6. The third-order valence-electron chi connectivity index (χ3n) is 5.94. The van der Waals surface area contributed by atoms with Crippen LogP contribution < -0.4 is 0 Å². The highest BCUT2D eigenvalue weighted by Crippen LogP contribution is 2.36. The Hall–Kier alpha value is -1.59. The predicted molar refractivity (Wildman–Crippen MR) is 114 cm³/mol. The minimum absolute atomic E-state index is 0.00953. The number of hydrogen-bond acceptors (Lipinski definition) is 4. The average Bonchev–Trinajstić information content (AvgIpc) is 3.36. The van der Waals surface area contributed by atoms with Gasteiger partial charge in [0.1, 0.15) is 11.6 Å². The van der Waals surface area contributed by atoms with Crippen molar-refractivity contribution >= 4 is 43.9 Å². The molecule has 0 radical (unpaired) electrons. The number of halogens is 3. The van der Waals surface area contributed by atoms with E-state index in [1.165, 1.54) is 18.4 Å². The Bertz CT molecular complexity index is 1190. The summed E-state index contributed by atoms with van der Waals surface area (Å²) in [5.41, 5.74) is 1.39. The summed E-state index contributed by atoms with van der Waals surface area (Å²) in [6.07, 6.45) is 2.01. The van der Waals surface area contributed by atoms with E-state index in [0.717, 1.165) is 5.69 Å². The van der Waals surface area contributed by atoms with Crippen LogP contribution in [0.2, 0.25) is 0 Å². The minimum atomic E-state index is -3.19. The molecule has 1 N–H and O–H groups in total. The van der Waals surface area contributed by atoms with E-state index in [0.29, 0.717) is 36.4 Å².